The van der Waals surface area contributed by atoms with Crippen molar-refractivity contribution in [2.75, 3.05) is 13.1 Å². The maximum Gasteiger partial charge on any atom is 0.227 e. The highest BCUT2D eigenvalue weighted by Gasteiger charge is 2.16. The fourth-order valence-electron chi connectivity index (χ4n) is 1.46. The van der Waals surface area contributed by atoms with Crippen molar-refractivity contribution in [1.82, 2.24) is 5.32 Å². The van der Waals surface area contributed by atoms with E-state index >= 15 is 0 Å². The molecule has 0 radical (unpaired) electrons. The summed E-state index contributed by atoms with van der Waals surface area (Å²) in [5.41, 5.74) is 0.432. The molecule has 1 aromatic rings. The molecule has 0 bridgehead atoms. The Labute approximate surface area is 101 Å². The summed E-state index contributed by atoms with van der Waals surface area (Å²) in [7, 11) is 0. The van der Waals surface area contributed by atoms with E-state index < -0.39 is 0 Å². The van der Waals surface area contributed by atoms with Crippen LogP contribution in [0.25, 0.3) is 0 Å². The Kier molecular flexibility index (Phi) is 3.33. The number of ketones is 1. The van der Waals surface area contributed by atoms with Crippen molar-refractivity contribution < 1.29 is 9.18 Å². The number of hydrogen-bond acceptors (Lipinski definition) is 3. The highest BCUT2D eigenvalue weighted by atomic mass is 79.9. The molecule has 5 heteroatoms. The largest absolute Gasteiger partial charge is 0.367 e. The highest BCUT2D eigenvalue weighted by Crippen LogP contribution is 2.17. The van der Waals surface area contributed by atoms with Crippen LogP contribution in [-0.4, -0.2) is 24.7 Å². The van der Waals surface area contributed by atoms with Crippen LogP contribution < -0.4 is 5.32 Å². The van der Waals surface area contributed by atoms with Crippen LogP contribution >= 0.6 is 15.9 Å². The fourth-order valence-corrected chi connectivity index (χ4v) is 1.84. The zero-order valence-electron chi connectivity index (χ0n) is 8.46. The molecule has 0 spiro atoms. The molecular weight excluding hydrogens is 275 g/mol. The number of rotatable bonds is 2. The van der Waals surface area contributed by atoms with Gasteiger partial charge in [0.2, 0.25) is 5.78 Å². The molecular formula is C11H10BrFN2O. The number of benzene rings is 1. The lowest BCUT2D eigenvalue weighted by atomic mass is 10.1. The lowest BCUT2D eigenvalue weighted by Crippen LogP contribution is -2.35. The van der Waals surface area contributed by atoms with Gasteiger partial charge in [0.15, 0.2) is 5.84 Å². The number of halogens is 2. The summed E-state index contributed by atoms with van der Waals surface area (Å²) in [5, 5.41) is 2.94. The van der Waals surface area contributed by atoms with E-state index in [9.17, 15) is 9.18 Å². The van der Waals surface area contributed by atoms with Crippen LogP contribution in [0.2, 0.25) is 0 Å². The Morgan fingerprint density at radius 3 is 2.94 bits per heavy atom. The minimum absolute atomic E-state index is 0.194. The van der Waals surface area contributed by atoms with E-state index in [1.807, 2.05) is 0 Å². The van der Waals surface area contributed by atoms with Gasteiger partial charge in [0, 0.05) is 18.7 Å². The topological polar surface area (TPSA) is 41.5 Å². The predicted octanol–water partition coefficient (Wildman–Crippen LogP) is 2.16. The standard InChI is InChI=1S/C11H10BrFN2O/c12-8-6-7(2-3-9(8)13)10(16)11-14-4-1-5-15-11/h2-3,6H,1,4-5H2,(H,14,15). The predicted molar refractivity (Wildman–Crippen MR) is 63.4 cm³/mol. The van der Waals surface area contributed by atoms with E-state index in [-0.39, 0.29) is 16.1 Å². The van der Waals surface area contributed by atoms with Crippen LogP contribution in [0.4, 0.5) is 4.39 Å². The quantitative estimate of drug-likeness (QED) is 0.846. The van der Waals surface area contributed by atoms with Gasteiger partial charge in [-0.2, -0.15) is 0 Å². The third-order valence-corrected chi connectivity index (χ3v) is 2.90. The molecule has 0 aliphatic carbocycles. The number of carbonyl (C=O) groups excluding carboxylic acids is 1. The van der Waals surface area contributed by atoms with Gasteiger partial charge in [-0.3, -0.25) is 9.79 Å². The summed E-state index contributed by atoms with van der Waals surface area (Å²) in [6.45, 7) is 1.42. The maximum atomic E-state index is 13.0. The molecule has 1 N–H and O–H groups in total. The van der Waals surface area contributed by atoms with Crippen LogP contribution in [0.3, 0.4) is 0 Å². The normalized spacial score (nSPS) is 15.2. The molecule has 0 atom stereocenters. The Morgan fingerprint density at radius 2 is 2.31 bits per heavy atom. The monoisotopic (exact) mass is 284 g/mol. The summed E-state index contributed by atoms with van der Waals surface area (Å²) in [4.78, 5) is 16.0. The van der Waals surface area contributed by atoms with Crippen molar-refractivity contribution in [3.8, 4) is 0 Å². The molecule has 0 saturated heterocycles. The number of nitrogens with one attached hydrogen (secondary N) is 1. The third-order valence-electron chi connectivity index (χ3n) is 2.29. The van der Waals surface area contributed by atoms with Crippen LogP contribution in [0.5, 0.6) is 0 Å². The molecule has 1 aliphatic heterocycles. The van der Waals surface area contributed by atoms with Gasteiger partial charge < -0.3 is 5.32 Å². The molecule has 0 saturated carbocycles. The van der Waals surface area contributed by atoms with Crippen LogP contribution in [0, 0.1) is 5.82 Å². The molecule has 0 unspecified atom stereocenters. The summed E-state index contributed by atoms with van der Waals surface area (Å²) in [6, 6.07) is 4.19. The minimum atomic E-state index is -0.380. The SMILES string of the molecule is O=C(C1=NCCCN1)c1ccc(F)c(Br)c1. The van der Waals surface area contributed by atoms with E-state index in [1.165, 1.54) is 18.2 Å². The van der Waals surface area contributed by atoms with Crippen LogP contribution in [-0.2, 0) is 0 Å². The van der Waals surface area contributed by atoms with Crippen molar-refractivity contribution in [2.45, 2.75) is 6.42 Å². The number of aliphatic imine (C=N–C) groups is 1. The first kappa shape index (κ1) is 11.3. The fraction of sp³-hybridized carbons (Fsp3) is 0.273. The second-order valence-electron chi connectivity index (χ2n) is 3.47. The van der Waals surface area contributed by atoms with Crippen molar-refractivity contribution in [3.05, 3.63) is 34.1 Å². The first-order valence-corrected chi connectivity index (χ1v) is 5.76. The smallest absolute Gasteiger partial charge is 0.227 e. The van der Waals surface area contributed by atoms with E-state index in [0.717, 1.165) is 13.0 Å². The van der Waals surface area contributed by atoms with Crippen LogP contribution in [0.1, 0.15) is 16.8 Å². The Balaban J connectivity index is 2.26. The lowest BCUT2D eigenvalue weighted by Gasteiger charge is -2.13. The molecule has 3 nitrogen and oxygen atoms in total. The molecule has 1 aromatic carbocycles. The molecule has 16 heavy (non-hydrogen) atoms. The summed E-state index contributed by atoms with van der Waals surface area (Å²) in [5.74, 6) is -0.208. The van der Waals surface area contributed by atoms with Crippen molar-refractivity contribution in [2.24, 2.45) is 4.99 Å². The molecule has 84 valence electrons. The number of amidine groups is 1. The number of hydrogen-bond donors (Lipinski definition) is 1. The van der Waals surface area contributed by atoms with Gasteiger partial charge in [-0.25, -0.2) is 4.39 Å². The summed E-state index contributed by atoms with van der Waals surface area (Å²) >= 11 is 3.05. The van der Waals surface area contributed by atoms with E-state index in [1.54, 1.807) is 0 Å². The minimum Gasteiger partial charge on any atom is -0.367 e. The Morgan fingerprint density at radius 1 is 1.50 bits per heavy atom. The van der Waals surface area contributed by atoms with Gasteiger partial charge in [0.25, 0.3) is 0 Å². The van der Waals surface area contributed by atoms with Crippen LogP contribution in [0.15, 0.2) is 27.7 Å². The van der Waals surface area contributed by atoms with Crippen molar-refractivity contribution in [3.63, 3.8) is 0 Å². The molecule has 1 aliphatic rings. The Hall–Kier alpha value is -1.23. The molecule has 0 aromatic heterocycles. The number of nitrogens with zero attached hydrogens (tertiary/aromatic N) is 1. The average molecular weight is 285 g/mol. The van der Waals surface area contributed by atoms with Gasteiger partial charge in [-0.05, 0) is 40.5 Å². The summed E-state index contributed by atoms with van der Waals surface area (Å²) in [6.07, 6.45) is 0.934. The highest BCUT2D eigenvalue weighted by molar-refractivity contribution is 9.10. The van der Waals surface area contributed by atoms with Crippen molar-refractivity contribution >= 4 is 27.5 Å². The van der Waals surface area contributed by atoms with E-state index in [0.29, 0.717) is 17.9 Å². The zero-order valence-corrected chi connectivity index (χ0v) is 10.1. The molecule has 0 amide bonds. The second kappa shape index (κ2) is 4.74. The first-order valence-electron chi connectivity index (χ1n) is 4.96. The second-order valence-corrected chi connectivity index (χ2v) is 4.32. The van der Waals surface area contributed by atoms with Gasteiger partial charge in [0.05, 0.1) is 4.47 Å². The van der Waals surface area contributed by atoms with Gasteiger partial charge in [-0.15, -0.1) is 0 Å². The van der Waals surface area contributed by atoms with Crippen molar-refractivity contribution in [1.29, 1.82) is 0 Å². The number of Topliss-reactive ketones (excluding diaryl/α,β-unsaturated/α-hetero) is 1. The molecule has 0 fully saturated rings. The lowest BCUT2D eigenvalue weighted by molar-refractivity contribution is 0.106. The van der Waals surface area contributed by atoms with E-state index in [4.69, 9.17) is 0 Å². The Bertz CT molecular complexity index is 459. The number of carbonyl (C=O) groups is 1. The van der Waals surface area contributed by atoms with Gasteiger partial charge in [0.1, 0.15) is 5.82 Å². The summed E-state index contributed by atoms with van der Waals surface area (Å²) < 4.78 is 13.3. The first-order chi connectivity index (χ1) is 7.68. The zero-order chi connectivity index (χ0) is 11.5. The van der Waals surface area contributed by atoms with Gasteiger partial charge in [-0.1, -0.05) is 0 Å². The molecule has 1 heterocycles. The third kappa shape index (κ3) is 2.29. The maximum absolute atomic E-state index is 13.0. The van der Waals surface area contributed by atoms with E-state index in [2.05, 4.69) is 26.2 Å². The van der Waals surface area contributed by atoms with Gasteiger partial charge >= 0.3 is 0 Å². The molecule has 2 rings (SSSR count). The average Bonchev–Trinajstić information content (AvgIpc) is 2.33.